The van der Waals surface area contributed by atoms with Gasteiger partial charge in [-0.2, -0.15) is 0 Å². The predicted octanol–water partition coefficient (Wildman–Crippen LogP) is 17.5. The van der Waals surface area contributed by atoms with Crippen molar-refractivity contribution < 1.29 is 28.6 Å². The minimum Gasteiger partial charge on any atom is -0.462 e. The van der Waals surface area contributed by atoms with Gasteiger partial charge in [0.15, 0.2) is 6.10 Å². The lowest BCUT2D eigenvalue weighted by atomic mass is 10.0. The van der Waals surface area contributed by atoms with E-state index in [1.54, 1.807) is 0 Å². The molecule has 0 aromatic rings. The fourth-order valence-electron chi connectivity index (χ4n) is 7.89. The molecule has 0 spiro atoms. The van der Waals surface area contributed by atoms with Crippen LogP contribution < -0.4 is 0 Å². The maximum atomic E-state index is 12.8. The topological polar surface area (TPSA) is 78.9 Å². The first kappa shape index (κ1) is 58.9. The summed E-state index contributed by atoms with van der Waals surface area (Å²) in [5, 5.41) is 0. The van der Waals surface area contributed by atoms with Crippen LogP contribution in [0, 0.1) is 0 Å². The minimum absolute atomic E-state index is 0.0698. The van der Waals surface area contributed by atoms with Gasteiger partial charge in [0.2, 0.25) is 0 Å². The molecule has 0 aliphatic heterocycles. The first-order valence-corrected chi connectivity index (χ1v) is 26.8. The van der Waals surface area contributed by atoms with Crippen LogP contribution in [0.25, 0.3) is 0 Å². The molecule has 0 saturated heterocycles. The minimum atomic E-state index is -0.768. The molecule has 6 nitrogen and oxygen atoms in total. The van der Waals surface area contributed by atoms with Crippen molar-refractivity contribution in [2.75, 3.05) is 13.2 Å². The van der Waals surface area contributed by atoms with Crippen molar-refractivity contribution in [3.05, 3.63) is 24.3 Å². The van der Waals surface area contributed by atoms with Gasteiger partial charge < -0.3 is 14.2 Å². The molecule has 0 N–H and O–H groups in total. The van der Waals surface area contributed by atoms with Crippen LogP contribution in [-0.4, -0.2) is 37.2 Å². The number of rotatable bonds is 49. The summed E-state index contributed by atoms with van der Waals surface area (Å²) >= 11 is 0. The second kappa shape index (κ2) is 50.5. The molecule has 0 saturated carbocycles. The summed E-state index contributed by atoms with van der Waals surface area (Å²) in [5.74, 6) is -0.867. The third-order valence-corrected chi connectivity index (χ3v) is 12.0. The van der Waals surface area contributed by atoms with Gasteiger partial charge in [0.25, 0.3) is 0 Å². The summed E-state index contributed by atoms with van der Waals surface area (Å²) in [7, 11) is 0. The second-order valence-electron chi connectivity index (χ2n) is 18.2. The number of hydrogen-bond acceptors (Lipinski definition) is 6. The summed E-state index contributed by atoms with van der Waals surface area (Å²) in [5.41, 5.74) is 0. The first-order chi connectivity index (χ1) is 30.0. The second-order valence-corrected chi connectivity index (χ2v) is 18.2. The Kier molecular flexibility index (Phi) is 48.8. The maximum Gasteiger partial charge on any atom is 0.306 e. The summed E-state index contributed by atoms with van der Waals surface area (Å²) in [6.45, 7) is 6.61. The number of ether oxygens (including phenoxy) is 3. The molecule has 0 bridgehead atoms. The highest BCUT2D eigenvalue weighted by Gasteiger charge is 2.19. The molecule has 0 radical (unpaired) electrons. The highest BCUT2D eigenvalue weighted by Crippen LogP contribution is 2.16. The van der Waals surface area contributed by atoms with E-state index < -0.39 is 6.10 Å². The van der Waals surface area contributed by atoms with E-state index in [-0.39, 0.29) is 31.1 Å². The lowest BCUT2D eigenvalue weighted by molar-refractivity contribution is -0.167. The Labute approximate surface area is 379 Å². The van der Waals surface area contributed by atoms with Gasteiger partial charge >= 0.3 is 17.9 Å². The molecule has 1 unspecified atom stereocenters. The van der Waals surface area contributed by atoms with E-state index in [0.717, 1.165) is 70.6 Å². The zero-order valence-electron chi connectivity index (χ0n) is 40.9. The summed E-state index contributed by atoms with van der Waals surface area (Å²) in [4.78, 5) is 37.9. The molecule has 0 rings (SSSR count). The molecule has 0 amide bonds. The third-order valence-electron chi connectivity index (χ3n) is 12.0. The van der Waals surface area contributed by atoms with Crippen LogP contribution in [0.4, 0.5) is 0 Å². The van der Waals surface area contributed by atoms with Crippen LogP contribution in [0.5, 0.6) is 0 Å². The van der Waals surface area contributed by atoms with E-state index in [1.807, 2.05) is 0 Å². The Morgan fingerprint density at radius 1 is 0.328 bits per heavy atom. The summed E-state index contributed by atoms with van der Waals surface area (Å²) in [6, 6.07) is 0. The van der Waals surface area contributed by atoms with E-state index in [2.05, 4.69) is 45.1 Å². The molecule has 0 aromatic carbocycles. The van der Waals surface area contributed by atoms with Crippen molar-refractivity contribution in [1.82, 2.24) is 0 Å². The molecule has 0 aromatic heterocycles. The number of unbranched alkanes of at least 4 members (excludes halogenated alkanes) is 34. The number of carbonyl (C=O) groups is 3. The highest BCUT2D eigenvalue weighted by atomic mass is 16.6. The van der Waals surface area contributed by atoms with Crippen LogP contribution in [0.15, 0.2) is 24.3 Å². The van der Waals surface area contributed by atoms with Gasteiger partial charge in [-0.1, -0.05) is 244 Å². The average Bonchev–Trinajstić information content (AvgIpc) is 3.26. The highest BCUT2D eigenvalue weighted by molar-refractivity contribution is 5.71. The van der Waals surface area contributed by atoms with Crippen LogP contribution in [0.3, 0.4) is 0 Å². The van der Waals surface area contributed by atoms with E-state index in [1.165, 1.54) is 180 Å². The van der Waals surface area contributed by atoms with Crippen molar-refractivity contribution in [1.29, 1.82) is 0 Å². The lowest BCUT2D eigenvalue weighted by Gasteiger charge is -2.18. The molecule has 0 heterocycles. The van der Waals surface area contributed by atoms with Gasteiger partial charge in [-0.05, 0) is 51.4 Å². The zero-order chi connectivity index (χ0) is 44.4. The lowest BCUT2D eigenvalue weighted by Crippen LogP contribution is -2.30. The predicted molar refractivity (Wildman–Crippen MR) is 261 cm³/mol. The van der Waals surface area contributed by atoms with Gasteiger partial charge in [0.1, 0.15) is 13.2 Å². The normalized spacial score (nSPS) is 12.1. The molecule has 0 fully saturated rings. The fourth-order valence-corrected chi connectivity index (χ4v) is 7.89. The molecular weight excluding hydrogens is 757 g/mol. The number of carbonyl (C=O) groups excluding carboxylic acids is 3. The molecule has 358 valence electrons. The molecular formula is C55H102O6. The van der Waals surface area contributed by atoms with E-state index in [4.69, 9.17) is 14.2 Å². The number of allylic oxidation sites excluding steroid dienone is 4. The van der Waals surface area contributed by atoms with Gasteiger partial charge in [-0.15, -0.1) is 0 Å². The Balaban J connectivity index is 4.24. The molecule has 1 atom stereocenters. The third kappa shape index (κ3) is 48.8. The van der Waals surface area contributed by atoms with Crippen molar-refractivity contribution >= 4 is 17.9 Å². The molecule has 0 aliphatic carbocycles. The van der Waals surface area contributed by atoms with Crippen LogP contribution >= 0.6 is 0 Å². The molecule has 0 aliphatic rings. The number of hydrogen-bond donors (Lipinski definition) is 0. The maximum absolute atomic E-state index is 12.8. The van der Waals surface area contributed by atoms with Crippen molar-refractivity contribution in [3.63, 3.8) is 0 Å². The number of esters is 3. The van der Waals surface area contributed by atoms with Crippen molar-refractivity contribution in [2.24, 2.45) is 0 Å². The Morgan fingerprint density at radius 3 is 0.934 bits per heavy atom. The largest absolute Gasteiger partial charge is 0.462 e. The summed E-state index contributed by atoms with van der Waals surface area (Å²) < 4.78 is 16.8. The van der Waals surface area contributed by atoms with E-state index in [9.17, 15) is 14.4 Å². The quantitative estimate of drug-likeness (QED) is 0.0262. The van der Waals surface area contributed by atoms with Gasteiger partial charge in [0, 0.05) is 19.3 Å². The fraction of sp³-hybridized carbons (Fsp3) is 0.873. The van der Waals surface area contributed by atoms with Gasteiger partial charge in [-0.3, -0.25) is 14.4 Å². The van der Waals surface area contributed by atoms with Gasteiger partial charge in [0.05, 0.1) is 0 Å². The Bertz CT molecular complexity index is 989. The zero-order valence-corrected chi connectivity index (χ0v) is 40.9. The average molecular weight is 859 g/mol. The van der Waals surface area contributed by atoms with E-state index in [0.29, 0.717) is 19.3 Å². The molecule has 6 heteroatoms. The van der Waals surface area contributed by atoms with Gasteiger partial charge in [-0.25, -0.2) is 0 Å². The van der Waals surface area contributed by atoms with Crippen molar-refractivity contribution in [3.8, 4) is 0 Å². The smallest absolute Gasteiger partial charge is 0.306 e. The summed E-state index contributed by atoms with van der Waals surface area (Å²) in [6.07, 6.45) is 57.4. The van der Waals surface area contributed by atoms with E-state index >= 15 is 0 Å². The monoisotopic (exact) mass is 859 g/mol. The van der Waals surface area contributed by atoms with Crippen LogP contribution in [-0.2, 0) is 28.6 Å². The molecule has 61 heavy (non-hydrogen) atoms. The Hall–Kier alpha value is -2.11. The van der Waals surface area contributed by atoms with Crippen LogP contribution in [0.1, 0.15) is 290 Å². The first-order valence-electron chi connectivity index (χ1n) is 26.8. The SMILES string of the molecule is CCCCC/C=C\C/C=C\CCCCCCCCCC(=O)OC(COC(=O)CCCCCCCCCC)COC(=O)CCCCCCCCCCCCCCCCCCCC. The van der Waals surface area contributed by atoms with Crippen LogP contribution in [0.2, 0.25) is 0 Å². The standard InChI is InChI=1S/C55H102O6/c1-4-7-10-13-16-19-21-23-25-27-29-30-32-34-36-39-42-45-48-54(57)60-51-52(50-59-53(56)47-44-41-38-18-15-12-9-6-3)61-55(58)49-46-43-40-37-35-33-31-28-26-24-22-20-17-14-11-8-5-2/h17,20,24,26,52H,4-16,18-19,21-23,25,27-51H2,1-3H3/b20-17-,26-24-. The Morgan fingerprint density at radius 2 is 0.590 bits per heavy atom. The van der Waals surface area contributed by atoms with Crippen molar-refractivity contribution in [2.45, 2.75) is 297 Å².